The SMILES string of the molecule is CCC(CNC(=O)OC(C)(C)C)NC1C2(C)CCC(C2)C1(C)C. The zero-order valence-corrected chi connectivity index (χ0v) is 16.1. The van der Waals surface area contributed by atoms with Crippen molar-refractivity contribution < 1.29 is 9.53 Å². The van der Waals surface area contributed by atoms with Crippen molar-refractivity contribution in [3.8, 4) is 0 Å². The lowest BCUT2D eigenvalue weighted by Crippen LogP contribution is -2.56. The van der Waals surface area contributed by atoms with Crippen LogP contribution < -0.4 is 10.6 Å². The Morgan fingerprint density at radius 2 is 1.96 bits per heavy atom. The third kappa shape index (κ3) is 4.01. The molecule has 4 unspecified atom stereocenters. The van der Waals surface area contributed by atoms with Gasteiger partial charge in [-0.2, -0.15) is 0 Å². The number of hydrogen-bond acceptors (Lipinski definition) is 3. The fraction of sp³-hybridized carbons (Fsp3) is 0.947. The first kappa shape index (κ1) is 18.6. The largest absolute Gasteiger partial charge is 0.444 e. The molecule has 4 nitrogen and oxygen atoms in total. The van der Waals surface area contributed by atoms with Crippen LogP contribution in [0.2, 0.25) is 0 Å². The summed E-state index contributed by atoms with van der Waals surface area (Å²) in [5.41, 5.74) is 0.305. The summed E-state index contributed by atoms with van der Waals surface area (Å²) in [6, 6.07) is 0.821. The second-order valence-electron chi connectivity index (χ2n) is 9.50. The molecule has 2 aliphatic rings. The van der Waals surface area contributed by atoms with Gasteiger partial charge in [-0.25, -0.2) is 4.79 Å². The minimum Gasteiger partial charge on any atom is -0.444 e. The zero-order valence-electron chi connectivity index (χ0n) is 16.1. The summed E-state index contributed by atoms with van der Waals surface area (Å²) in [5.74, 6) is 0.835. The van der Waals surface area contributed by atoms with Crippen molar-refractivity contribution in [2.24, 2.45) is 16.7 Å². The summed E-state index contributed by atoms with van der Waals surface area (Å²) in [6.45, 7) is 15.7. The van der Waals surface area contributed by atoms with Crippen LogP contribution in [0.5, 0.6) is 0 Å². The van der Waals surface area contributed by atoms with Crippen LogP contribution >= 0.6 is 0 Å². The maximum atomic E-state index is 11.9. The van der Waals surface area contributed by atoms with Gasteiger partial charge >= 0.3 is 6.09 Å². The van der Waals surface area contributed by atoms with Gasteiger partial charge in [0.05, 0.1) is 0 Å². The van der Waals surface area contributed by atoms with Crippen molar-refractivity contribution in [3.05, 3.63) is 0 Å². The highest BCUT2D eigenvalue weighted by Crippen LogP contribution is 2.62. The van der Waals surface area contributed by atoms with E-state index in [4.69, 9.17) is 4.74 Å². The summed E-state index contributed by atoms with van der Waals surface area (Å²) >= 11 is 0. The molecule has 0 radical (unpaired) electrons. The molecule has 2 N–H and O–H groups in total. The van der Waals surface area contributed by atoms with E-state index in [1.54, 1.807) is 0 Å². The lowest BCUT2D eigenvalue weighted by Gasteiger charge is -2.45. The number of fused-ring (bicyclic) bond motifs is 2. The summed E-state index contributed by atoms with van der Waals surface area (Å²) in [6.07, 6.45) is 4.72. The first-order valence-corrected chi connectivity index (χ1v) is 9.21. The molecule has 134 valence electrons. The maximum absolute atomic E-state index is 11.9. The standard InChI is InChI=1S/C19H36N2O2/c1-8-14(12-20-16(22)23-17(2,3)4)21-15-18(5,6)13-9-10-19(15,7)11-13/h13-15,21H,8-12H2,1-7H3,(H,20,22). The van der Waals surface area contributed by atoms with E-state index < -0.39 is 5.60 Å². The zero-order chi connectivity index (χ0) is 17.5. The van der Waals surface area contributed by atoms with Crippen LogP contribution in [0.1, 0.15) is 74.1 Å². The van der Waals surface area contributed by atoms with E-state index in [-0.39, 0.29) is 6.09 Å². The molecule has 2 aliphatic carbocycles. The Hall–Kier alpha value is -0.770. The minimum absolute atomic E-state index is 0.294. The van der Waals surface area contributed by atoms with Crippen molar-refractivity contribution in [1.82, 2.24) is 10.6 Å². The highest BCUT2D eigenvalue weighted by molar-refractivity contribution is 5.67. The molecule has 4 heteroatoms. The average Bonchev–Trinajstić information content (AvgIpc) is 2.87. The first-order chi connectivity index (χ1) is 10.5. The highest BCUT2D eigenvalue weighted by atomic mass is 16.6. The summed E-state index contributed by atoms with van der Waals surface area (Å²) in [7, 11) is 0. The van der Waals surface area contributed by atoms with Crippen LogP contribution in [0.25, 0.3) is 0 Å². The number of hydrogen-bond donors (Lipinski definition) is 2. The number of ether oxygens (including phenoxy) is 1. The van der Waals surface area contributed by atoms with Crippen LogP contribution in [0.3, 0.4) is 0 Å². The van der Waals surface area contributed by atoms with E-state index in [9.17, 15) is 4.79 Å². The Bertz CT molecular complexity index is 436. The topological polar surface area (TPSA) is 50.4 Å². The number of nitrogens with one attached hydrogen (secondary N) is 2. The molecule has 2 rings (SSSR count). The summed E-state index contributed by atoms with van der Waals surface area (Å²) in [4.78, 5) is 11.9. The molecule has 4 atom stereocenters. The number of alkyl carbamates (subject to hydrolysis) is 1. The Kier molecular flexibility index (Phi) is 5.06. The van der Waals surface area contributed by atoms with Crippen molar-refractivity contribution in [3.63, 3.8) is 0 Å². The average molecular weight is 325 g/mol. The highest BCUT2D eigenvalue weighted by Gasteiger charge is 2.59. The molecular weight excluding hydrogens is 288 g/mol. The lowest BCUT2D eigenvalue weighted by molar-refractivity contribution is 0.0511. The van der Waals surface area contributed by atoms with E-state index in [0.29, 0.717) is 29.5 Å². The monoisotopic (exact) mass is 324 g/mol. The van der Waals surface area contributed by atoms with Crippen LogP contribution in [-0.4, -0.2) is 30.3 Å². The fourth-order valence-corrected chi connectivity index (χ4v) is 4.80. The minimum atomic E-state index is -0.445. The first-order valence-electron chi connectivity index (χ1n) is 9.21. The molecule has 0 aromatic heterocycles. The number of rotatable bonds is 5. The molecule has 0 saturated heterocycles. The van der Waals surface area contributed by atoms with E-state index in [0.717, 1.165) is 12.3 Å². The van der Waals surface area contributed by atoms with E-state index >= 15 is 0 Å². The maximum Gasteiger partial charge on any atom is 0.407 e. The van der Waals surface area contributed by atoms with Gasteiger partial charge in [0.15, 0.2) is 0 Å². The molecule has 23 heavy (non-hydrogen) atoms. The Morgan fingerprint density at radius 1 is 1.30 bits per heavy atom. The van der Waals surface area contributed by atoms with E-state index in [2.05, 4.69) is 38.3 Å². The van der Waals surface area contributed by atoms with Crippen molar-refractivity contribution >= 4 is 6.09 Å². The molecule has 2 bridgehead atoms. The second-order valence-corrected chi connectivity index (χ2v) is 9.50. The van der Waals surface area contributed by atoms with Crippen molar-refractivity contribution in [1.29, 1.82) is 0 Å². The Labute approximate surface area is 142 Å². The predicted molar refractivity (Wildman–Crippen MR) is 94.5 cm³/mol. The fourth-order valence-electron chi connectivity index (χ4n) is 4.80. The molecule has 1 amide bonds. The van der Waals surface area contributed by atoms with Gasteiger partial charge in [-0.3, -0.25) is 0 Å². The van der Waals surface area contributed by atoms with Crippen LogP contribution in [-0.2, 0) is 4.74 Å². The third-order valence-electron chi connectivity index (χ3n) is 6.06. The molecule has 2 saturated carbocycles. The van der Waals surface area contributed by atoms with Gasteiger partial charge in [0.25, 0.3) is 0 Å². The Morgan fingerprint density at radius 3 is 2.43 bits per heavy atom. The smallest absolute Gasteiger partial charge is 0.407 e. The van der Waals surface area contributed by atoms with Crippen LogP contribution in [0.4, 0.5) is 4.79 Å². The molecule has 0 aromatic carbocycles. The predicted octanol–water partition coefficient (Wildman–Crippen LogP) is 4.09. The molecule has 0 heterocycles. The van der Waals surface area contributed by atoms with Crippen LogP contribution in [0.15, 0.2) is 0 Å². The van der Waals surface area contributed by atoms with E-state index in [1.807, 2.05) is 20.8 Å². The number of carbonyl (C=O) groups is 1. The number of amides is 1. The van der Waals surface area contributed by atoms with Gasteiger partial charge in [0.1, 0.15) is 5.60 Å². The van der Waals surface area contributed by atoms with Gasteiger partial charge in [0.2, 0.25) is 0 Å². The summed E-state index contributed by atoms with van der Waals surface area (Å²) in [5, 5.41) is 6.80. The third-order valence-corrected chi connectivity index (χ3v) is 6.06. The molecule has 0 aliphatic heterocycles. The second kappa shape index (κ2) is 6.27. The van der Waals surface area contributed by atoms with Gasteiger partial charge in [-0.05, 0) is 63.2 Å². The molecule has 0 spiro atoms. The Balaban J connectivity index is 1.91. The summed E-state index contributed by atoms with van der Waals surface area (Å²) < 4.78 is 5.33. The van der Waals surface area contributed by atoms with Gasteiger partial charge in [0, 0.05) is 18.6 Å². The molecular formula is C19H36N2O2. The van der Waals surface area contributed by atoms with Crippen LogP contribution in [0, 0.1) is 16.7 Å². The normalized spacial score (nSPS) is 33.5. The van der Waals surface area contributed by atoms with Crippen molar-refractivity contribution in [2.45, 2.75) is 91.8 Å². The van der Waals surface area contributed by atoms with Gasteiger partial charge in [-0.1, -0.05) is 27.7 Å². The molecule has 2 fully saturated rings. The van der Waals surface area contributed by atoms with Gasteiger partial charge in [-0.15, -0.1) is 0 Å². The molecule has 0 aromatic rings. The van der Waals surface area contributed by atoms with Gasteiger partial charge < -0.3 is 15.4 Å². The quantitative estimate of drug-likeness (QED) is 0.800. The van der Waals surface area contributed by atoms with Crippen molar-refractivity contribution in [2.75, 3.05) is 6.54 Å². The lowest BCUT2D eigenvalue weighted by atomic mass is 9.68. The van der Waals surface area contributed by atoms with E-state index in [1.165, 1.54) is 19.3 Å². The number of carbonyl (C=O) groups excluding carboxylic acids is 1.